The van der Waals surface area contributed by atoms with E-state index in [9.17, 15) is 9.59 Å². The second-order valence-corrected chi connectivity index (χ2v) is 7.36. The first kappa shape index (κ1) is 17.2. The zero-order valence-corrected chi connectivity index (χ0v) is 15.6. The minimum Gasteiger partial charge on any atom is -0.348 e. The summed E-state index contributed by atoms with van der Waals surface area (Å²) >= 11 is 1.59. The summed E-state index contributed by atoms with van der Waals surface area (Å²) in [7, 11) is 0. The first-order valence-electron chi connectivity index (χ1n) is 8.65. The Labute approximate surface area is 161 Å². The molecule has 2 N–H and O–H groups in total. The summed E-state index contributed by atoms with van der Waals surface area (Å²) in [6.07, 6.45) is 1.90. The van der Waals surface area contributed by atoms with Crippen LogP contribution in [0.25, 0.3) is 11.6 Å². The van der Waals surface area contributed by atoms with Gasteiger partial charge in [-0.1, -0.05) is 30.3 Å². The predicted molar refractivity (Wildman–Crippen MR) is 110 cm³/mol. The fourth-order valence-corrected chi connectivity index (χ4v) is 3.87. The fraction of sp³-hybridized carbons (Fsp3) is 0.0909. The van der Waals surface area contributed by atoms with Crippen molar-refractivity contribution >= 4 is 40.5 Å². The molecular weight excluding hydrogens is 356 g/mol. The number of nitrogens with one attached hydrogen (secondary N) is 2. The highest BCUT2D eigenvalue weighted by Gasteiger charge is 2.25. The molecule has 4 rings (SSSR count). The average molecular weight is 374 g/mol. The molecular formula is C22H18N2O2S. The van der Waals surface area contributed by atoms with Crippen LogP contribution in [0.3, 0.4) is 0 Å². The average Bonchev–Trinajstić information content (AvgIpc) is 3.23. The van der Waals surface area contributed by atoms with Crippen LogP contribution in [0.4, 0.5) is 5.69 Å². The van der Waals surface area contributed by atoms with Crippen LogP contribution in [0.15, 0.2) is 60.0 Å². The van der Waals surface area contributed by atoms with Crippen LogP contribution in [-0.2, 0) is 11.3 Å². The molecule has 2 heterocycles. The second-order valence-electron chi connectivity index (χ2n) is 6.41. The number of benzene rings is 2. The lowest BCUT2D eigenvalue weighted by atomic mass is 10.0. The van der Waals surface area contributed by atoms with Gasteiger partial charge >= 0.3 is 0 Å². The Bertz CT molecular complexity index is 1050. The van der Waals surface area contributed by atoms with Crippen LogP contribution in [0.2, 0.25) is 0 Å². The maximum Gasteiger partial charge on any atom is 0.256 e. The number of fused-ring (bicyclic) bond motifs is 1. The van der Waals surface area contributed by atoms with Gasteiger partial charge in [0.05, 0.1) is 5.57 Å². The maximum atomic E-state index is 12.5. The van der Waals surface area contributed by atoms with Crippen molar-refractivity contribution in [1.29, 1.82) is 0 Å². The van der Waals surface area contributed by atoms with Crippen LogP contribution in [-0.4, -0.2) is 11.8 Å². The molecule has 1 aliphatic rings. The second kappa shape index (κ2) is 7.21. The van der Waals surface area contributed by atoms with Gasteiger partial charge < -0.3 is 10.6 Å². The number of hydrogen-bond acceptors (Lipinski definition) is 3. The van der Waals surface area contributed by atoms with E-state index in [4.69, 9.17) is 0 Å². The molecule has 2 aromatic carbocycles. The van der Waals surface area contributed by atoms with E-state index in [1.54, 1.807) is 29.5 Å². The predicted octanol–water partition coefficient (Wildman–Crippen LogP) is 4.48. The van der Waals surface area contributed by atoms with Crippen molar-refractivity contribution in [1.82, 2.24) is 5.32 Å². The third-order valence-electron chi connectivity index (χ3n) is 4.54. The smallest absolute Gasteiger partial charge is 0.256 e. The zero-order valence-electron chi connectivity index (χ0n) is 14.8. The molecule has 0 fully saturated rings. The van der Waals surface area contributed by atoms with Gasteiger partial charge in [0.15, 0.2) is 0 Å². The molecule has 4 nitrogen and oxygen atoms in total. The van der Waals surface area contributed by atoms with Crippen LogP contribution in [0.5, 0.6) is 0 Å². The van der Waals surface area contributed by atoms with E-state index in [1.807, 2.05) is 54.8 Å². The number of aryl methyl sites for hydroxylation is 1. The lowest BCUT2D eigenvalue weighted by Crippen LogP contribution is -2.22. The number of carbonyl (C=O) groups excluding carboxylic acids is 2. The van der Waals surface area contributed by atoms with Gasteiger partial charge in [0.25, 0.3) is 11.8 Å². The number of carbonyl (C=O) groups is 2. The van der Waals surface area contributed by atoms with Crippen molar-refractivity contribution in [3.8, 4) is 0 Å². The quantitative estimate of drug-likeness (QED) is 0.662. The van der Waals surface area contributed by atoms with Crippen molar-refractivity contribution in [2.45, 2.75) is 13.5 Å². The molecule has 0 unspecified atom stereocenters. The SMILES string of the molecule is Cc1ccsc1C=C1C(=O)Nc2ccc(C(=O)NCc3ccccc3)cc21. The zero-order chi connectivity index (χ0) is 18.8. The number of thiophene rings is 1. The lowest BCUT2D eigenvalue weighted by Gasteiger charge is -2.07. The molecule has 1 aliphatic heterocycles. The molecule has 0 radical (unpaired) electrons. The molecule has 134 valence electrons. The van der Waals surface area contributed by atoms with Crippen LogP contribution in [0, 0.1) is 6.92 Å². The van der Waals surface area contributed by atoms with E-state index in [0.29, 0.717) is 17.7 Å². The van der Waals surface area contributed by atoms with Crippen LogP contribution >= 0.6 is 11.3 Å². The van der Waals surface area contributed by atoms with E-state index < -0.39 is 0 Å². The number of hydrogen-bond donors (Lipinski definition) is 2. The summed E-state index contributed by atoms with van der Waals surface area (Å²) in [6, 6.07) is 17.1. The van der Waals surface area contributed by atoms with E-state index in [0.717, 1.165) is 27.3 Å². The Morgan fingerprint density at radius 3 is 2.70 bits per heavy atom. The van der Waals surface area contributed by atoms with Crippen LogP contribution < -0.4 is 10.6 Å². The van der Waals surface area contributed by atoms with Gasteiger partial charge in [-0.25, -0.2) is 0 Å². The highest BCUT2D eigenvalue weighted by atomic mass is 32.1. The summed E-state index contributed by atoms with van der Waals surface area (Å²) in [6.45, 7) is 2.48. The Balaban J connectivity index is 1.59. The van der Waals surface area contributed by atoms with E-state index in [1.165, 1.54) is 0 Å². The standard InChI is InChI=1S/C22H18N2O2S/c1-14-9-10-27-20(14)12-18-17-11-16(7-8-19(17)24-22(18)26)21(25)23-13-15-5-3-2-4-6-15/h2-12H,13H2,1H3,(H,23,25)(H,24,26). The van der Waals surface area contributed by atoms with Gasteiger partial charge in [0.1, 0.15) is 0 Å². The topological polar surface area (TPSA) is 58.2 Å². The van der Waals surface area contributed by atoms with Crippen molar-refractivity contribution in [3.63, 3.8) is 0 Å². The van der Waals surface area contributed by atoms with Crippen molar-refractivity contribution in [2.24, 2.45) is 0 Å². The normalized spacial score (nSPS) is 14.1. The van der Waals surface area contributed by atoms with Crippen molar-refractivity contribution < 1.29 is 9.59 Å². The molecule has 5 heteroatoms. The summed E-state index contributed by atoms with van der Waals surface area (Å²) < 4.78 is 0. The first-order chi connectivity index (χ1) is 13.1. The van der Waals surface area contributed by atoms with Gasteiger partial charge in [-0.3, -0.25) is 9.59 Å². The van der Waals surface area contributed by atoms with Gasteiger partial charge in [0.2, 0.25) is 0 Å². The van der Waals surface area contributed by atoms with Crippen molar-refractivity contribution in [3.05, 3.63) is 87.1 Å². The molecule has 0 saturated carbocycles. The van der Waals surface area contributed by atoms with Crippen molar-refractivity contribution in [2.75, 3.05) is 5.32 Å². The largest absolute Gasteiger partial charge is 0.348 e. The molecule has 0 atom stereocenters. The molecule has 2 amide bonds. The first-order valence-corrected chi connectivity index (χ1v) is 9.53. The van der Waals surface area contributed by atoms with E-state index in [-0.39, 0.29) is 11.8 Å². The van der Waals surface area contributed by atoms with Crippen LogP contribution in [0.1, 0.15) is 31.9 Å². The molecule has 3 aromatic rings. The Morgan fingerprint density at radius 1 is 1.15 bits per heavy atom. The molecule has 0 bridgehead atoms. The number of rotatable bonds is 4. The highest BCUT2D eigenvalue weighted by molar-refractivity contribution is 7.11. The molecule has 27 heavy (non-hydrogen) atoms. The third-order valence-corrected chi connectivity index (χ3v) is 5.50. The molecule has 0 spiro atoms. The van der Waals surface area contributed by atoms with Gasteiger partial charge in [-0.05, 0) is 53.8 Å². The minimum absolute atomic E-state index is 0.139. The molecule has 0 aliphatic carbocycles. The maximum absolute atomic E-state index is 12.5. The minimum atomic E-state index is -0.160. The number of anilines is 1. The Hall–Kier alpha value is -3.18. The molecule has 0 saturated heterocycles. The Kier molecular flexibility index (Phi) is 4.60. The van der Waals surface area contributed by atoms with E-state index >= 15 is 0 Å². The summed E-state index contributed by atoms with van der Waals surface area (Å²) in [5.74, 6) is -0.299. The highest BCUT2D eigenvalue weighted by Crippen LogP contribution is 2.35. The summed E-state index contributed by atoms with van der Waals surface area (Å²) in [4.78, 5) is 26.0. The van der Waals surface area contributed by atoms with Gasteiger partial charge in [-0.2, -0.15) is 0 Å². The monoisotopic (exact) mass is 374 g/mol. The molecule has 1 aromatic heterocycles. The number of amides is 2. The third kappa shape index (κ3) is 3.55. The Morgan fingerprint density at radius 2 is 1.96 bits per heavy atom. The lowest BCUT2D eigenvalue weighted by molar-refractivity contribution is -0.110. The fourth-order valence-electron chi connectivity index (χ4n) is 3.02. The van der Waals surface area contributed by atoms with Gasteiger partial charge in [-0.15, -0.1) is 11.3 Å². The van der Waals surface area contributed by atoms with Gasteiger partial charge in [0, 0.05) is 28.2 Å². The summed E-state index contributed by atoms with van der Waals surface area (Å²) in [5.41, 5.74) is 4.80. The summed E-state index contributed by atoms with van der Waals surface area (Å²) in [5, 5.41) is 7.80. The van der Waals surface area contributed by atoms with E-state index in [2.05, 4.69) is 10.6 Å².